The van der Waals surface area contributed by atoms with Crippen LogP contribution in [0.15, 0.2) is 18.2 Å². The second-order valence-electron chi connectivity index (χ2n) is 3.75. The van der Waals surface area contributed by atoms with Crippen molar-refractivity contribution in [3.05, 3.63) is 23.8 Å². The van der Waals surface area contributed by atoms with E-state index in [0.717, 1.165) is 0 Å². The fourth-order valence-corrected chi connectivity index (χ4v) is 1.99. The summed E-state index contributed by atoms with van der Waals surface area (Å²) >= 11 is 0. The van der Waals surface area contributed by atoms with Crippen LogP contribution in [0.2, 0.25) is 0 Å². The molecular weight excluding hydrogens is 272 g/mol. The van der Waals surface area contributed by atoms with Gasteiger partial charge in [-0.25, -0.2) is 13.2 Å². The van der Waals surface area contributed by atoms with Gasteiger partial charge in [0.15, 0.2) is 0 Å². The molecule has 1 amide bonds. The largest absolute Gasteiger partial charge is 0.478 e. The van der Waals surface area contributed by atoms with E-state index in [1.165, 1.54) is 32.0 Å². The van der Waals surface area contributed by atoms with Gasteiger partial charge in [-0.2, -0.15) is 0 Å². The number of benzene rings is 1. The molecule has 19 heavy (non-hydrogen) atoms. The summed E-state index contributed by atoms with van der Waals surface area (Å²) in [7, 11) is -3.57. The van der Waals surface area contributed by atoms with Crippen LogP contribution in [-0.2, 0) is 14.8 Å². The second kappa shape index (κ2) is 5.70. The molecule has 3 N–H and O–H groups in total. The summed E-state index contributed by atoms with van der Waals surface area (Å²) < 4.78 is 25.0. The molecule has 0 aromatic heterocycles. The summed E-state index contributed by atoms with van der Waals surface area (Å²) in [5.74, 6) is -1.81. The highest BCUT2D eigenvalue weighted by molar-refractivity contribution is 7.92. The minimum Gasteiger partial charge on any atom is -0.478 e. The normalized spacial score (nSPS) is 10.8. The van der Waals surface area contributed by atoms with E-state index in [2.05, 4.69) is 10.0 Å². The van der Waals surface area contributed by atoms with E-state index >= 15 is 0 Å². The van der Waals surface area contributed by atoms with E-state index in [4.69, 9.17) is 5.11 Å². The van der Waals surface area contributed by atoms with Crippen LogP contribution >= 0.6 is 0 Å². The Hall–Kier alpha value is -2.09. The molecule has 0 saturated carbocycles. The number of carboxylic acid groups (broad SMARTS) is 1. The Labute approximate surface area is 110 Å². The van der Waals surface area contributed by atoms with Crippen molar-refractivity contribution in [2.24, 2.45) is 0 Å². The Morgan fingerprint density at radius 3 is 2.42 bits per heavy atom. The molecule has 0 bridgehead atoms. The fraction of sp³-hybridized carbons (Fsp3) is 0.273. The Morgan fingerprint density at radius 2 is 1.95 bits per heavy atom. The van der Waals surface area contributed by atoms with E-state index in [0.29, 0.717) is 0 Å². The van der Waals surface area contributed by atoms with Gasteiger partial charge < -0.3 is 10.4 Å². The minimum atomic E-state index is -3.57. The maximum absolute atomic E-state index is 11.4. The Morgan fingerprint density at radius 1 is 1.32 bits per heavy atom. The van der Waals surface area contributed by atoms with Crippen molar-refractivity contribution >= 4 is 33.3 Å². The predicted molar refractivity (Wildman–Crippen MR) is 70.8 cm³/mol. The van der Waals surface area contributed by atoms with Crippen molar-refractivity contribution in [1.82, 2.24) is 0 Å². The first-order valence-corrected chi connectivity index (χ1v) is 7.06. The molecule has 1 aromatic rings. The number of rotatable bonds is 5. The zero-order valence-corrected chi connectivity index (χ0v) is 11.2. The van der Waals surface area contributed by atoms with E-state index in [-0.39, 0.29) is 28.6 Å². The number of sulfonamides is 1. The van der Waals surface area contributed by atoms with Crippen LogP contribution in [-0.4, -0.2) is 31.2 Å². The number of anilines is 2. The van der Waals surface area contributed by atoms with Gasteiger partial charge in [-0.05, 0) is 25.1 Å². The summed E-state index contributed by atoms with van der Waals surface area (Å²) in [6, 6.07) is 3.90. The lowest BCUT2D eigenvalue weighted by molar-refractivity contribution is -0.114. The van der Waals surface area contributed by atoms with Gasteiger partial charge in [0, 0.05) is 12.6 Å². The Bertz CT molecular complexity index is 610. The minimum absolute atomic E-state index is 0.0385. The van der Waals surface area contributed by atoms with Crippen molar-refractivity contribution in [3.63, 3.8) is 0 Å². The van der Waals surface area contributed by atoms with Crippen LogP contribution in [0.1, 0.15) is 24.2 Å². The van der Waals surface area contributed by atoms with E-state index in [9.17, 15) is 18.0 Å². The van der Waals surface area contributed by atoms with Crippen LogP contribution in [0.3, 0.4) is 0 Å². The lowest BCUT2D eigenvalue weighted by atomic mass is 10.1. The second-order valence-corrected chi connectivity index (χ2v) is 5.76. The average molecular weight is 286 g/mol. The molecule has 8 heteroatoms. The average Bonchev–Trinajstić information content (AvgIpc) is 2.30. The first-order valence-electron chi connectivity index (χ1n) is 5.40. The number of nitrogens with one attached hydrogen (secondary N) is 2. The van der Waals surface area contributed by atoms with Crippen molar-refractivity contribution in [3.8, 4) is 0 Å². The molecule has 7 nitrogen and oxygen atoms in total. The van der Waals surface area contributed by atoms with Gasteiger partial charge in [0.1, 0.15) is 0 Å². The molecule has 0 saturated heterocycles. The number of carboxylic acids is 1. The molecule has 0 atom stereocenters. The third-order valence-corrected chi connectivity index (χ3v) is 3.51. The standard InChI is InChI=1S/C11H14N2O5S/c1-3-19(17,18)13-10-5-4-8(12-7(2)14)6-9(10)11(15)16/h4-6,13H,3H2,1-2H3,(H,12,14)(H,15,16). The lowest BCUT2D eigenvalue weighted by Gasteiger charge is -2.11. The first-order chi connectivity index (χ1) is 8.75. The summed E-state index contributed by atoms with van der Waals surface area (Å²) in [4.78, 5) is 22.0. The van der Waals surface area contributed by atoms with Gasteiger partial charge in [0.25, 0.3) is 0 Å². The molecule has 1 rings (SSSR count). The number of aromatic carboxylic acids is 1. The van der Waals surface area contributed by atoms with Crippen LogP contribution in [0.25, 0.3) is 0 Å². The summed E-state index contributed by atoms with van der Waals surface area (Å²) in [6.07, 6.45) is 0. The Balaban J connectivity index is 3.19. The van der Waals surface area contributed by atoms with Gasteiger partial charge >= 0.3 is 5.97 Å². The zero-order valence-electron chi connectivity index (χ0n) is 10.4. The molecule has 0 fully saturated rings. The highest BCUT2D eigenvalue weighted by Crippen LogP contribution is 2.22. The van der Waals surface area contributed by atoms with Gasteiger partial charge in [-0.3, -0.25) is 9.52 Å². The van der Waals surface area contributed by atoms with Gasteiger partial charge in [0.05, 0.1) is 17.0 Å². The third-order valence-electron chi connectivity index (χ3n) is 2.22. The molecule has 0 aliphatic carbocycles. The molecule has 0 aliphatic heterocycles. The molecule has 1 aromatic carbocycles. The van der Waals surface area contributed by atoms with Gasteiger partial charge in [-0.15, -0.1) is 0 Å². The van der Waals surface area contributed by atoms with Gasteiger partial charge in [0.2, 0.25) is 15.9 Å². The number of carbonyl (C=O) groups is 2. The molecule has 0 spiro atoms. The molecule has 0 unspecified atom stereocenters. The van der Waals surface area contributed by atoms with Crippen LogP contribution in [0.5, 0.6) is 0 Å². The smallest absolute Gasteiger partial charge is 0.337 e. The molecular formula is C11H14N2O5S. The fourth-order valence-electron chi connectivity index (χ4n) is 1.33. The molecule has 0 radical (unpaired) electrons. The topological polar surface area (TPSA) is 113 Å². The third kappa shape index (κ3) is 4.25. The summed E-state index contributed by atoms with van der Waals surface area (Å²) in [6.45, 7) is 2.72. The van der Waals surface area contributed by atoms with E-state index in [1.54, 1.807) is 0 Å². The maximum atomic E-state index is 11.4. The predicted octanol–water partition coefficient (Wildman–Crippen LogP) is 1.10. The molecule has 0 aliphatic rings. The SMILES string of the molecule is CCS(=O)(=O)Nc1ccc(NC(C)=O)cc1C(=O)O. The van der Waals surface area contributed by atoms with Gasteiger partial charge in [-0.1, -0.05) is 0 Å². The van der Waals surface area contributed by atoms with Crippen molar-refractivity contribution in [1.29, 1.82) is 0 Å². The molecule has 0 heterocycles. The summed E-state index contributed by atoms with van der Waals surface area (Å²) in [5, 5.41) is 11.5. The van der Waals surface area contributed by atoms with E-state index < -0.39 is 16.0 Å². The van der Waals surface area contributed by atoms with Crippen molar-refractivity contribution in [2.45, 2.75) is 13.8 Å². The number of amides is 1. The van der Waals surface area contributed by atoms with Crippen molar-refractivity contribution in [2.75, 3.05) is 15.8 Å². The van der Waals surface area contributed by atoms with Crippen molar-refractivity contribution < 1.29 is 23.1 Å². The van der Waals surface area contributed by atoms with E-state index in [1.807, 2.05) is 0 Å². The zero-order chi connectivity index (χ0) is 14.6. The molecule has 104 valence electrons. The summed E-state index contributed by atoms with van der Waals surface area (Å²) in [5.41, 5.74) is 0.0103. The van der Waals surface area contributed by atoms with Crippen LogP contribution in [0.4, 0.5) is 11.4 Å². The number of hydrogen-bond acceptors (Lipinski definition) is 4. The quantitative estimate of drug-likeness (QED) is 0.750. The highest BCUT2D eigenvalue weighted by Gasteiger charge is 2.15. The first kappa shape index (κ1) is 15.0. The lowest BCUT2D eigenvalue weighted by Crippen LogP contribution is -2.17. The number of hydrogen-bond donors (Lipinski definition) is 3. The Kier molecular flexibility index (Phi) is 4.49. The maximum Gasteiger partial charge on any atom is 0.337 e. The van der Waals surface area contributed by atoms with Crippen LogP contribution < -0.4 is 10.0 Å². The monoisotopic (exact) mass is 286 g/mol. The highest BCUT2D eigenvalue weighted by atomic mass is 32.2. The van der Waals surface area contributed by atoms with Crippen LogP contribution in [0, 0.1) is 0 Å². The number of carbonyl (C=O) groups excluding carboxylic acids is 1.